The van der Waals surface area contributed by atoms with Crippen LogP contribution in [0.3, 0.4) is 0 Å². The van der Waals surface area contributed by atoms with Crippen molar-refractivity contribution in [1.82, 2.24) is 14.7 Å². The van der Waals surface area contributed by atoms with Gasteiger partial charge in [0.15, 0.2) is 0 Å². The number of carbonyl (C=O) groups is 2. The first-order valence-corrected chi connectivity index (χ1v) is 12.0. The van der Waals surface area contributed by atoms with Crippen LogP contribution in [0.4, 0.5) is 9.18 Å². The fourth-order valence-electron chi connectivity index (χ4n) is 4.22. The van der Waals surface area contributed by atoms with Crippen LogP contribution in [-0.2, 0) is 16.1 Å². The molecule has 0 saturated carbocycles. The molecular formula is C26H32FN3O6. The highest BCUT2D eigenvalue weighted by Gasteiger charge is 2.34. The molecule has 0 radical (unpaired) electrons. The number of benzene rings is 2. The van der Waals surface area contributed by atoms with Crippen molar-refractivity contribution < 1.29 is 33.3 Å². The molecule has 2 aromatic carbocycles. The zero-order chi connectivity index (χ0) is 25.5. The molecule has 1 unspecified atom stereocenters. The Morgan fingerprint density at radius 3 is 2.44 bits per heavy atom. The third kappa shape index (κ3) is 6.93. The molecule has 1 N–H and O–H groups in total. The van der Waals surface area contributed by atoms with Crippen molar-refractivity contribution >= 4 is 11.9 Å². The Labute approximate surface area is 209 Å². The van der Waals surface area contributed by atoms with Crippen molar-refractivity contribution in [2.75, 3.05) is 59.7 Å². The summed E-state index contributed by atoms with van der Waals surface area (Å²) in [4.78, 5) is 28.5. The first kappa shape index (κ1) is 25.9. The van der Waals surface area contributed by atoms with Gasteiger partial charge in [-0.1, -0.05) is 12.1 Å². The van der Waals surface area contributed by atoms with Crippen molar-refractivity contribution in [3.63, 3.8) is 0 Å². The standard InChI is InChI=1S/C26H32FN3O6/c1-28-16-24(31)30(25(28)32)11-2-13-35-22-7-3-20(4-8-22)15-29-12-14-34-18-26(33,17-29)19-36-23-9-5-21(27)6-10-23/h3-10,33H,2,11-19H2,1H3. The molecule has 2 heterocycles. The summed E-state index contributed by atoms with van der Waals surface area (Å²) in [6.07, 6.45) is 0.555. The lowest BCUT2D eigenvalue weighted by molar-refractivity contribution is -0.125. The van der Waals surface area contributed by atoms with Gasteiger partial charge in [0.2, 0.25) is 5.91 Å². The molecule has 0 aromatic heterocycles. The monoisotopic (exact) mass is 501 g/mol. The van der Waals surface area contributed by atoms with Gasteiger partial charge in [-0.25, -0.2) is 9.18 Å². The number of rotatable bonds is 10. The number of likely N-dealkylation sites (N-methyl/N-ethyl adjacent to an activating group) is 1. The molecule has 36 heavy (non-hydrogen) atoms. The van der Waals surface area contributed by atoms with Gasteiger partial charge >= 0.3 is 6.03 Å². The lowest BCUT2D eigenvalue weighted by atomic mass is 10.1. The zero-order valence-corrected chi connectivity index (χ0v) is 20.4. The van der Waals surface area contributed by atoms with Gasteiger partial charge in [-0.2, -0.15) is 0 Å². The third-order valence-corrected chi connectivity index (χ3v) is 6.12. The van der Waals surface area contributed by atoms with E-state index in [0.29, 0.717) is 57.3 Å². The lowest BCUT2D eigenvalue weighted by Gasteiger charge is -2.30. The predicted molar refractivity (Wildman–Crippen MR) is 129 cm³/mol. The number of amides is 3. The summed E-state index contributed by atoms with van der Waals surface area (Å²) in [6.45, 7) is 3.20. The average molecular weight is 502 g/mol. The highest BCUT2D eigenvalue weighted by atomic mass is 19.1. The molecule has 10 heteroatoms. The second kappa shape index (κ2) is 11.7. The molecule has 2 saturated heterocycles. The van der Waals surface area contributed by atoms with Crippen LogP contribution < -0.4 is 9.47 Å². The van der Waals surface area contributed by atoms with Gasteiger partial charge in [-0.15, -0.1) is 0 Å². The first-order chi connectivity index (χ1) is 17.3. The maximum Gasteiger partial charge on any atom is 0.326 e. The van der Waals surface area contributed by atoms with E-state index >= 15 is 0 Å². The summed E-state index contributed by atoms with van der Waals surface area (Å²) in [5.74, 6) is 0.671. The molecular weight excluding hydrogens is 469 g/mol. The van der Waals surface area contributed by atoms with Crippen LogP contribution in [0, 0.1) is 5.82 Å². The number of hydrogen-bond acceptors (Lipinski definition) is 7. The van der Waals surface area contributed by atoms with E-state index in [9.17, 15) is 19.1 Å². The fraction of sp³-hybridized carbons (Fsp3) is 0.462. The number of carbonyl (C=O) groups excluding carboxylic acids is 2. The zero-order valence-electron chi connectivity index (χ0n) is 20.4. The molecule has 0 bridgehead atoms. The third-order valence-electron chi connectivity index (χ3n) is 6.12. The van der Waals surface area contributed by atoms with Crippen molar-refractivity contribution in [2.24, 2.45) is 0 Å². The minimum Gasteiger partial charge on any atom is -0.494 e. The SMILES string of the molecule is CN1CC(=O)N(CCCOc2ccc(CN3CCOCC(O)(COc4ccc(F)cc4)C3)cc2)C1=O. The van der Waals surface area contributed by atoms with Gasteiger partial charge < -0.3 is 24.2 Å². The molecule has 9 nitrogen and oxygen atoms in total. The van der Waals surface area contributed by atoms with Crippen LogP contribution in [-0.4, -0.2) is 97.0 Å². The number of β-amino-alcohol motifs (C(OH)–C–C–N with tert-alkyl or cyclic N) is 1. The van der Waals surface area contributed by atoms with Crippen molar-refractivity contribution in [1.29, 1.82) is 0 Å². The number of hydrogen-bond donors (Lipinski definition) is 1. The van der Waals surface area contributed by atoms with E-state index in [-0.39, 0.29) is 37.5 Å². The van der Waals surface area contributed by atoms with Crippen molar-refractivity contribution in [3.8, 4) is 11.5 Å². The first-order valence-electron chi connectivity index (χ1n) is 12.0. The Balaban J connectivity index is 1.23. The van der Waals surface area contributed by atoms with E-state index < -0.39 is 5.60 Å². The predicted octanol–water partition coefficient (Wildman–Crippen LogP) is 2.13. The number of ether oxygens (including phenoxy) is 3. The largest absolute Gasteiger partial charge is 0.494 e. The molecule has 2 aromatic rings. The maximum atomic E-state index is 13.1. The van der Waals surface area contributed by atoms with Gasteiger partial charge in [0.05, 0.1) is 19.8 Å². The summed E-state index contributed by atoms with van der Waals surface area (Å²) < 4.78 is 30.2. The van der Waals surface area contributed by atoms with Gasteiger partial charge in [0, 0.05) is 33.2 Å². The molecule has 1 atom stereocenters. The van der Waals surface area contributed by atoms with Crippen molar-refractivity contribution in [2.45, 2.75) is 18.6 Å². The molecule has 4 rings (SSSR count). The number of imide groups is 1. The van der Waals surface area contributed by atoms with E-state index in [1.807, 2.05) is 24.3 Å². The van der Waals surface area contributed by atoms with E-state index in [0.717, 1.165) is 5.56 Å². The van der Waals surface area contributed by atoms with Crippen LogP contribution in [0.5, 0.6) is 11.5 Å². The van der Waals surface area contributed by atoms with Crippen LogP contribution >= 0.6 is 0 Å². The highest BCUT2D eigenvalue weighted by molar-refractivity contribution is 6.01. The van der Waals surface area contributed by atoms with E-state index in [2.05, 4.69) is 4.90 Å². The van der Waals surface area contributed by atoms with Gasteiger partial charge in [0.25, 0.3) is 0 Å². The minimum atomic E-state index is -1.19. The van der Waals surface area contributed by atoms with E-state index in [1.165, 1.54) is 34.1 Å². The number of nitrogens with zero attached hydrogens (tertiary/aromatic N) is 3. The molecule has 2 aliphatic rings. The Bertz CT molecular complexity index is 1030. The minimum absolute atomic E-state index is 0.0345. The molecule has 2 fully saturated rings. The number of halogens is 1. The van der Waals surface area contributed by atoms with E-state index in [1.54, 1.807) is 7.05 Å². The van der Waals surface area contributed by atoms with Gasteiger partial charge in [-0.05, 0) is 48.4 Å². The molecule has 0 spiro atoms. The van der Waals surface area contributed by atoms with Crippen molar-refractivity contribution in [3.05, 3.63) is 59.9 Å². The second-order valence-electron chi connectivity index (χ2n) is 9.26. The molecule has 2 aliphatic heterocycles. The Morgan fingerprint density at radius 2 is 1.75 bits per heavy atom. The smallest absolute Gasteiger partial charge is 0.326 e. The Kier molecular flexibility index (Phi) is 8.40. The normalized spacial score (nSPS) is 21.1. The topological polar surface area (TPSA) is 91.8 Å². The summed E-state index contributed by atoms with van der Waals surface area (Å²) in [5.41, 5.74) is -0.136. The lowest BCUT2D eigenvalue weighted by Crippen LogP contribution is -2.48. The van der Waals surface area contributed by atoms with Gasteiger partial charge in [0.1, 0.15) is 36.1 Å². The maximum absolute atomic E-state index is 13.1. The summed E-state index contributed by atoms with van der Waals surface area (Å²) in [7, 11) is 1.61. The highest BCUT2D eigenvalue weighted by Crippen LogP contribution is 2.20. The summed E-state index contributed by atoms with van der Waals surface area (Å²) >= 11 is 0. The second-order valence-corrected chi connectivity index (χ2v) is 9.26. The van der Waals surface area contributed by atoms with Crippen LogP contribution in [0.1, 0.15) is 12.0 Å². The molecule has 3 amide bonds. The van der Waals surface area contributed by atoms with Crippen LogP contribution in [0.15, 0.2) is 48.5 Å². The van der Waals surface area contributed by atoms with Gasteiger partial charge in [-0.3, -0.25) is 14.6 Å². The Hall–Kier alpha value is -3.21. The molecule has 0 aliphatic carbocycles. The number of aliphatic hydroxyl groups is 1. The quantitative estimate of drug-likeness (QED) is 0.394. The van der Waals surface area contributed by atoms with Crippen LogP contribution in [0.25, 0.3) is 0 Å². The van der Waals surface area contributed by atoms with Crippen LogP contribution in [0.2, 0.25) is 0 Å². The Morgan fingerprint density at radius 1 is 1.06 bits per heavy atom. The summed E-state index contributed by atoms with van der Waals surface area (Å²) in [5, 5.41) is 11.1. The molecule has 194 valence electrons. The van der Waals surface area contributed by atoms with E-state index in [4.69, 9.17) is 14.2 Å². The number of urea groups is 1. The summed E-state index contributed by atoms with van der Waals surface area (Å²) in [6, 6.07) is 13.1. The average Bonchev–Trinajstić information content (AvgIpc) is 2.99. The fourth-order valence-corrected chi connectivity index (χ4v) is 4.22.